The van der Waals surface area contributed by atoms with Crippen LogP contribution in [0, 0.1) is 0 Å². The standard InChI is InChI=1S/C25H38BNO2/c1-17(26-29-25(9,10)24(7,8)28)16-27-18(2)19-11-12-20-21(15-19)23(5,6)14-13-22(20,3)4/h11-12,15-16,26,28H,1-2,13-14H2,3-10H3/b27-16-. The van der Waals surface area contributed by atoms with E-state index in [1.165, 1.54) is 24.0 Å². The minimum atomic E-state index is -0.947. The summed E-state index contributed by atoms with van der Waals surface area (Å²) >= 11 is 0. The molecule has 0 aliphatic heterocycles. The highest BCUT2D eigenvalue weighted by atomic mass is 16.5. The first-order valence-electron chi connectivity index (χ1n) is 10.5. The van der Waals surface area contributed by atoms with E-state index >= 15 is 0 Å². The van der Waals surface area contributed by atoms with Crippen LogP contribution in [0.5, 0.6) is 0 Å². The molecule has 4 heteroatoms. The summed E-state index contributed by atoms with van der Waals surface area (Å²) in [6.45, 7) is 24.7. The Labute approximate surface area is 178 Å². The molecule has 0 spiro atoms. The SMILES string of the molecule is C=C(BOC(C)(C)C(C)(C)O)/C=N\C(=C)c1ccc2c(c1)C(C)(C)CCC2(C)C. The highest BCUT2D eigenvalue weighted by molar-refractivity contribution is 6.46. The smallest absolute Gasteiger partial charge is 0.310 e. The zero-order chi connectivity index (χ0) is 22.3. The zero-order valence-electron chi connectivity index (χ0n) is 19.6. The summed E-state index contributed by atoms with van der Waals surface area (Å²) in [7, 11) is 0.305. The number of aliphatic imine (C=N–C) groups is 1. The summed E-state index contributed by atoms with van der Waals surface area (Å²) in [4.78, 5) is 4.53. The van der Waals surface area contributed by atoms with E-state index in [4.69, 9.17) is 4.65 Å². The van der Waals surface area contributed by atoms with Crippen molar-refractivity contribution in [2.45, 2.75) is 90.3 Å². The van der Waals surface area contributed by atoms with E-state index < -0.39 is 11.2 Å². The van der Waals surface area contributed by atoms with E-state index in [0.717, 1.165) is 16.7 Å². The lowest BCUT2D eigenvalue weighted by Gasteiger charge is -2.42. The lowest BCUT2D eigenvalue weighted by atomic mass is 9.63. The molecule has 0 atom stereocenters. The van der Waals surface area contributed by atoms with Gasteiger partial charge in [0, 0.05) is 6.21 Å². The summed E-state index contributed by atoms with van der Waals surface area (Å²) in [6.07, 6.45) is 4.08. The molecule has 0 unspecified atom stereocenters. The monoisotopic (exact) mass is 395 g/mol. The summed E-state index contributed by atoms with van der Waals surface area (Å²) < 4.78 is 5.85. The number of benzene rings is 1. The first kappa shape index (κ1) is 23.6. The number of fused-ring (bicyclic) bond motifs is 1. The first-order chi connectivity index (χ1) is 13.1. The summed E-state index contributed by atoms with van der Waals surface area (Å²) in [6, 6.07) is 6.63. The van der Waals surface area contributed by atoms with Gasteiger partial charge in [-0.3, -0.25) is 4.99 Å². The molecule has 0 bridgehead atoms. The van der Waals surface area contributed by atoms with E-state index in [0.29, 0.717) is 7.48 Å². The topological polar surface area (TPSA) is 41.8 Å². The molecule has 0 heterocycles. The van der Waals surface area contributed by atoms with Gasteiger partial charge in [-0.05, 0) is 79.6 Å². The molecule has 1 N–H and O–H groups in total. The van der Waals surface area contributed by atoms with Crippen molar-refractivity contribution in [1.82, 2.24) is 0 Å². The summed E-state index contributed by atoms with van der Waals surface area (Å²) in [5.41, 5.74) is 4.06. The molecule has 0 fully saturated rings. The Morgan fingerprint density at radius 1 is 1.07 bits per heavy atom. The van der Waals surface area contributed by atoms with Gasteiger partial charge in [-0.15, -0.1) is 6.58 Å². The lowest BCUT2D eigenvalue weighted by molar-refractivity contribution is -0.0895. The molecule has 1 aromatic rings. The average Bonchev–Trinajstić information content (AvgIpc) is 2.60. The van der Waals surface area contributed by atoms with Crippen LogP contribution in [0.15, 0.2) is 41.8 Å². The molecule has 2 rings (SSSR count). The summed E-state index contributed by atoms with van der Waals surface area (Å²) in [5.74, 6) is 0. The van der Waals surface area contributed by atoms with Gasteiger partial charge in [0.05, 0.1) is 16.9 Å². The van der Waals surface area contributed by atoms with Gasteiger partial charge in [0.2, 0.25) is 0 Å². The van der Waals surface area contributed by atoms with Gasteiger partial charge >= 0.3 is 7.48 Å². The number of nitrogens with zero attached hydrogens (tertiary/aromatic N) is 1. The maximum Gasteiger partial charge on any atom is 0.310 e. The van der Waals surface area contributed by atoms with Crippen LogP contribution in [0.1, 0.15) is 84.9 Å². The number of hydrogen-bond acceptors (Lipinski definition) is 3. The Hall–Kier alpha value is -1.65. The molecular weight excluding hydrogens is 357 g/mol. The van der Waals surface area contributed by atoms with Gasteiger partial charge in [0.1, 0.15) is 0 Å². The van der Waals surface area contributed by atoms with E-state index in [2.05, 4.69) is 64.0 Å². The van der Waals surface area contributed by atoms with Crippen LogP contribution in [0.3, 0.4) is 0 Å². The fourth-order valence-corrected chi connectivity index (χ4v) is 3.50. The van der Waals surface area contributed by atoms with Crippen molar-refractivity contribution >= 4 is 19.4 Å². The molecule has 1 aliphatic rings. The van der Waals surface area contributed by atoms with Gasteiger partial charge in [-0.25, -0.2) is 0 Å². The number of aliphatic hydroxyl groups is 1. The second-order valence-electron chi connectivity index (χ2n) is 10.7. The molecule has 0 aromatic heterocycles. The maximum absolute atomic E-state index is 10.2. The molecule has 0 radical (unpaired) electrons. The van der Waals surface area contributed by atoms with Crippen molar-refractivity contribution in [1.29, 1.82) is 0 Å². The largest absolute Gasteiger partial charge is 0.427 e. The van der Waals surface area contributed by atoms with E-state index in [-0.39, 0.29) is 10.8 Å². The highest BCUT2D eigenvalue weighted by Gasteiger charge is 2.37. The van der Waals surface area contributed by atoms with E-state index in [1.807, 2.05) is 13.8 Å². The number of allylic oxidation sites excluding steroid dienone is 1. The fourth-order valence-electron chi connectivity index (χ4n) is 3.50. The molecule has 1 aromatic carbocycles. The van der Waals surface area contributed by atoms with Gasteiger partial charge in [-0.2, -0.15) is 0 Å². The molecule has 0 amide bonds. The first-order valence-corrected chi connectivity index (χ1v) is 10.5. The molecule has 1 aliphatic carbocycles. The molecule has 0 saturated carbocycles. The normalized spacial score (nSPS) is 18.4. The van der Waals surface area contributed by atoms with Gasteiger partial charge in [0.25, 0.3) is 0 Å². The fraction of sp³-hybridized carbons (Fsp3) is 0.560. The Balaban J connectivity index is 2.13. The second-order valence-corrected chi connectivity index (χ2v) is 10.7. The lowest BCUT2D eigenvalue weighted by Crippen LogP contribution is -2.48. The van der Waals surface area contributed by atoms with Crippen molar-refractivity contribution < 1.29 is 9.76 Å². The Morgan fingerprint density at radius 3 is 2.17 bits per heavy atom. The number of hydrogen-bond donors (Lipinski definition) is 1. The predicted molar refractivity (Wildman–Crippen MR) is 127 cm³/mol. The average molecular weight is 395 g/mol. The molecule has 0 saturated heterocycles. The van der Waals surface area contributed by atoms with Crippen molar-refractivity contribution in [3.8, 4) is 0 Å². The Bertz CT molecular complexity index is 826. The third kappa shape index (κ3) is 5.29. The zero-order valence-corrected chi connectivity index (χ0v) is 19.6. The quantitative estimate of drug-likeness (QED) is 0.489. The minimum Gasteiger partial charge on any atom is -0.427 e. The second kappa shape index (κ2) is 7.88. The van der Waals surface area contributed by atoms with Crippen LogP contribution in [-0.4, -0.2) is 30.0 Å². The molecule has 158 valence electrons. The Morgan fingerprint density at radius 2 is 1.62 bits per heavy atom. The van der Waals surface area contributed by atoms with Crippen LogP contribution in [0.4, 0.5) is 0 Å². The molecule has 3 nitrogen and oxygen atoms in total. The third-order valence-corrected chi connectivity index (χ3v) is 6.68. The number of rotatable bonds is 7. The highest BCUT2D eigenvalue weighted by Crippen LogP contribution is 2.46. The van der Waals surface area contributed by atoms with Crippen LogP contribution in [-0.2, 0) is 15.5 Å². The van der Waals surface area contributed by atoms with Crippen LogP contribution in [0.2, 0.25) is 0 Å². The van der Waals surface area contributed by atoms with Gasteiger partial charge in [-0.1, -0.05) is 46.4 Å². The predicted octanol–water partition coefficient (Wildman–Crippen LogP) is 5.51. The van der Waals surface area contributed by atoms with Crippen LogP contribution >= 0.6 is 0 Å². The van der Waals surface area contributed by atoms with Gasteiger partial charge in [0.15, 0.2) is 0 Å². The maximum atomic E-state index is 10.2. The third-order valence-electron chi connectivity index (χ3n) is 6.68. The van der Waals surface area contributed by atoms with Crippen molar-refractivity contribution in [3.63, 3.8) is 0 Å². The van der Waals surface area contributed by atoms with Crippen LogP contribution in [0.25, 0.3) is 5.70 Å². The van der Waals surface area contributed by atoms with Crippen molar-refractivity contribution in [3.05, 3.63) is 53.5 Å². The van der Waals surface area contributed by atoms with Crippen molar-refractivity contribution in [2.24, 2.45) is 4.99 Å². The van der Waals surface area contributed by atoms with E-state index in [9.17, 15) is 5.11 Å². The van der Waals surface area contributed by atoms with Crippen LogP contribution < -0.4 is 0 Å². The summed E-state index contributed by atoms with van der Waals surface area (Å²) in [5, 5.41) is 10.2. The Kier molecular flexibility index (Phi) is 6.43. The molecule has 29 heavy (non-hydrogen) atoms. The minimum absolute atomic E-state index is 0.158. The van der Waals surface area contributed by atoms with Gasteiger partial charge < -0.3 is 9.76 Å². The molecular formula is C25H38BNO2. The van der Waals surface area contributed by atoms with E-state index in [1.54, 1.807) is 20.1 Å². The van der Waals surface area contributed by atoms with Crippen molar-refractivity contribution in [2.75, 3.05) is 0 Å².